The first kappa shape index (κ1) is 25.3. The number of benzene rings is 3. The SMILES string of the molecule is Cc1cc(CN2CCC3(CC2)CN(c2ccccc2)C(=O)O3)cc(C)c1-c1ccccc1F.O=C=O. The van der Waals surface area contributed by atoms with Gasteiger partial charge in [0.15, 0.2) is 0 Å². The molecule has 5 rings (SSSR count). The molecule has 2 fully saturated rings. The summed E-state index contributed by atoms with van der Waals surface area (Å²) in [6.07, 6.45) is 1.66. The minimum Gasteiger partial charge on any atom is -0.441 e. The van der Waals surface area contributed by atoms with Crippen molar-refractivity contribution in [2.24, 2.45) is 0 Å². The summed E-state index contributed by atoms with van der Waals surface area (Å²) in [5.41, 5.74) is 5.54. The lowest BCUT2D eigenvalue weighted by molar-refractivity contribution is -0.191. The molecule has 0 aromatic heterocycles. The van der Waals surface area contributed by atoms with Crippen LogP contribution in [-0.4, -0.2) is 42.4 Å². The smallest absolute Gasteiger partial charge is 0.415 e. The van der Waals surface area contributed by atoms with Gasteiger partial charge in [0.2, 0.25) is 0 Å². The number of halogens is 1. The molecule has 0 radical (unpaired) electrons. The third kappa shape index (κ3) is 5.38. The van der Waals surface area contributed by atoms with E-state index < -0.39 is 5.60 Å². The first-order valence-electron chi connectivity index (χ1n) is 12.0. The molecule has 2 saturated heterocycles. The molecule has 2 heterocycles. The number of rotatable bonds is 4. The zero-order valence-electron chi connectivity index (χ0n) is 20.5. The van der Waals surface area contributed by atoms with E-state index in [9.17, 15) is 9.18 Å². The van der Waals surface area contributed by atoms with E-state index in [1.165, 1.54) is 11.6 Å². The van der Waals surface area contributed by atoms with Gasteiger partial charge in [-0.25, -0.2) is 9.18 Å². The van der Waals surface area contributed by atoms with Crippen LogP contribution in [0.3, 0.4) is 0 Å². The second kappa shape index (κ2) is 10.9. The molecule has 0 atom stereocenters. The van der Waals surface area contributed by atoms with Crippen molar-refractivity contribution in [3.05, 3.63) is 89.2 Å². The molecular formula is C29H29FN2O4. The molecule has 2 aliphatic rings. The minimum absolute atomic E-state index is 0.187. The van der Waals surface area contributed by atoms with Crippen LogP contribution in [0.2, 0.25) is 0 Å². The third-order valence-corrected chi connectivity index (χ3v) is 6.95. The number of carbonyl (C=O) groups is 1. The van der Waals surface area contributed by atoms with E-state index in [1.807, 2.05) is 42.5 Å². The Bertz CT molecular complexity index is 1240. The Hall–Kier alpha value is -3.80. The third-order valence-electron chi connectivity index (χ3n) is 6.95. The number of likely N-dealkylation sites (tertiary alicyclic amines) is 1. The number of nitrogens with zero attached hydrogens (tertiary/aromatic N) is 2. The first-order valence-corrected chi connectivity index (χ1v) is 12.0. The number of amides is 1. The summed E-state index contributed by atoms with van der Waals surface area (Å²) >= 11 is 0. The van der Waals surface area contributed by atoms with Crippen LogP contribution >= 0.6 is 0 Å². The number of aryl methyl sites for hydroxylation is 2. The fourth-order valence-corrected chi connectivity index (χ4v) is 5.30. The molecule has 186 valence electrons. The zero-order chi connectivity index (χ0) is 25.7. The second-order valence-electron chi connectivity index (χ2n) is 9.42. The van der Waals surface area contributed by atoms with Crippen LogP contribution in [0.4, 0.5) is 14.9 Å². The van der Waals surface area contributed by atoms with Crippen molar-refractivity contribution in [2.75, 3.05) is 24.5 Å². The van der Waals surface area contributed by atoms with Crippen LogP contribution in [0.5, 0.6) is 0 Å². The Labute approximate surface area is 210 Å². The van der Waals surface area contributed by atoms with E-state index in [2.05, 4.69) is 30.9 Å². The monoisotopic (exact) mass is 488 g/mol. The molecule has 0 bridgehead atoms. The molecule has 36 heavy (non-hydrogen) atoms. The van der Waals surface area contributed by atoms with Gasteiger partial charge in [-0.1, -0.05) is 48.5 Å². The number of ether oxygens (including phenoxy) is 1. The summed E-state index contributed by atoms with van der Waals surface area (Å²) in [5.74, 6) is -0.187. The number of hydrogen-bond acceptors (Lipinski definition) is 5. The van der Waals surface area contributed by atoms with Crippen LogP contribution < -0.4 is 4.90 Å². The van der Waals surface area contributed by atoms with Gasteiger partial charge >= 0.3 is 12.2 Å². The summed E-state index contributed by atoms with van der Waals surface area (Å²) in [5, 5.41) is 0. The predicted octanol–water partition coefficient (Wildman–Crippen LogP) is 5.52. The van der Waals surface area contributed by atoms with Crippen LogP contribution in [0.1, 0.15) is 29.5 Å². The molecular weight excluding hydrogens is 459 g/mol. The lowest BCUT2D eigenvalue weighted by atomic mass is 9.90. The van der Waals surface area contributed by atoms with E-state index >= 15 is 0 Å². The minimum atomic E-state index is -0.399. The molecule has 1 spiro atoms. The number of para-hydroxylation sites is 1. The Morgan fingerprint density at radius 1 is 0.944 bits per heavy atom. The van der Waals surface area contributed by atoms with E-state index in [4.69, 9.17) is 14.3 Å². The average Bonchev–Trinajstić information content (AvgIpc) is 3.18. The molecule has 0 unspecified atom stereocenters. The summed E-state index contributed by atoms with van der Waals surface area (Å²) < 4.78 is 20.3. The summed E-state index contributed by atoms with van der Waals surface area (Å²) in [6, 6.07) is 21.0. The number of piperidine rings is 1. The number of hydrogen-bond donors (Lipinski definition) is 0. The number of anilines is 1. The van der Waals surface area contributed by atoms with Crippen LogP contribution in [-0.2, 0) is 20.9 Å². The maximum atomic E-state index is 14.4. The lowest BCUT2D eigenvalue weighted by Crippen LogP contribution is -2.46. The van der Waals surface area contributed by atoms with Crippen LogP contribution in [0.15, 0.2) is 66.7 Å². The molecule has 0 aliphatic carbocycles. The fraction of sp³-hybridized carbons (Fsp3) is 0.310. The molecule has 0 saturated carbocycles. The maximum absolute atomic E-state index is 14.4. The largest absolute Gasteiger partial charge is 0.441 e. The van der Waals surface area contributed by atoms with Gasteiger partial charge in [0.05, 0.1) is 6.54 Å². The second-order valence-corrected chi connectivity index (χ2v) is 9.42. The van der Waals surface area contributed by atoms with Gasteiger partial charge in [0, 0.05) is 43.7 Å². The van der Waals surface area contributed by atoms with Crippen LogP contribution in [0, 0.1) is 19.7 Å². The van der Waals surface area contributed by atoms with Gasteiger partial charge in [-0.15, -0.1) is 0 Å². The molecule has 1 amide bonds. The van der Waals surface area contributed by atoms with E-state index in [0.717, 1.165) is 54.9 Å². The van der Waals surface area contributed by atoms with Gasteiger partial charge in [-0.2, -0.15) is 9.59 Å². The Morgan fingerprint density at radius 3 is 2.14 bits per heavy atom. The summed E-state index contributed by atoms with van der Waals surface area (Å²) in [6.45, 7) is 7.32. The Morgan fingerprint density at radius 2 is 1.53 bits per heavy atom. The van der Waals surface area contributed by atoms with E-state index in [1.54, 1.807) is 11.0 Å². The van der Waals surface area contributed by atoms with Crippen molar-refractivity contribution in [3.8, 4) is 11.1 Å². The Balaban J connectivity index is 0.000000967. The highest BCUT2D eigenvalue weighted by molar-refractivity contribution is 5.90. The summed E-state index contributed by atoms with van der Waals surface area (Å²) in [4.78, 5) is 33.0. The maximum Gasteiger partial charge on any atom is 0.415 e. The van der Waals surface area contributed by atoms with Crippen molar-refractivity contribution in [1.82, 2.24) is 4.90 Å². The quantitative estimate of drug-likeness (QED) is 0.484. The number of carbonyl (C=O) groups excluding carboxylic acids is 3. The standard InChI is InChI=1S/C28H29FN2O2.CO2/c1-20-16-22(17-21(2)26(20)24-10-6-7-11-25(24)29)18-30-14-12-28(13-15-30)19-31(27(32)33-28)23-8-4-3-5-9-23;2-1-3/h3-11,16-17H,12-15,18-19H2,1-2H3;. The van der Waals surface area contributed by atoms with Gasteiger partial charge in [-0.05, 0) is 54.3 Å². The lowest BCUT2D eigenvalue weighted by Gasteiger charge is -2.37. The summed E-state index contributed by atoms with van der Waals surface area (Å²) in [7, 11) is 0. The van der Waals surface area contributed by atoms with Crippen molar-refractivity contribution in [2.45, 2.75) is 38.8 Å². The molecule has 3 aromatic carbocycles. The van der Waals surface area contributed by atoms with E-state index in [-0.39, 0.29) is 18.1 Å². The van der Waals surface area contributed by atoms with Crippen LogP contribution in [0.25, 0.3) is 11.1 Å². The van der Waals surface area contributed by atoms with Gasteiger partial charge < -0.3 is 4.74 Å². The Kier molecular flexibility index (Phi) is 7.63. The molecule has 0 N–H and O–H groups in total. The van der Waals surface area contributed by atoms with Crippen molar-refractivity contribution in [3.63, 3.8) is 0 Å². The van der Waals surface area contributed by atoms with Gasteiger partial charge in [-0.3, -0.25) is 9.80 Å². The zero-order valence-corrected chi connectivity index (χ0v) is 20.5. The normalized spacial score (nSPS) is 16.8. The van der Waals surface area contributed by atoms with Gasteiger partial charge in [0.1, 0.15) is 11.4 Å². The van der Waals surface area contributed by atoms with Crippen molar-refractivity contribution < 1.29 is 23.5 Å². The molecule has 2 aliphatic heterocycles. The fourth-order valence-electron chi connectivity index (χ4n) is 5.30. The van der Waals surface area contributed by atoms with Gasteiger partial charge in [0.25, 0.3) is 0 Å². The average molecular weight is 489 g/mol. The topological polar surface area (TPSA) is 66.9 Å². The van der Waals surface area contributed by atoms with Crippen molar-refractivity contribution in [1.29, 1.82) is 0 Å². The predicted molar refractivity (Wildman–Crippen MR) is 134 cm³/mol. The van der Waals surface area contributed by atoms with Crippen molar-refractivity contribution >= 4 is 17.9 Å². The van der Waals surface area contributed by atoms with E-state index in [0.29, 0.717) is 12.1 Å². The first-order chi connectivity index (χ1) is 17.4. The highest BCUT2D eigenvalue weighted by Gasteiger charge is 2.47. The molecule has 3 aromatic rings. The highest BCUT2D eigenvalue weighted by atomic mass is 19.1. The molecule has 6 nitrogen and oxygen atoms in total. The highest BCUT2D eigenvalue weighted by Crippen LogP contribution is 2.36. The molecule has 7 heteroatoms.